The van der Waals surface area contributed by atoms with Crippen LogP contribution in [0.15, 0.2) is 48.5 Å². The van der Waals surface area contributed by atoms with Gasteiger partial charge in [0.2, 0.25) is 0 Å². The van der Waals surface area contributed by atoms with Gasteiger partial charge in [-0.1, -0.05) is 24.3 Å². The highest BCUT2D eigenvalue weighted by Gasteiger charge is 2.13. The van der Waals surface area contributed by atoms with Crippen LogP contribution >= 0.6 is 0 Å². The third kappa shape index (κ3) is 2.69. The molecule has 0 spiro atoms. The molecule has 0 amide bonds. The van der Waals surface area contributed by atoms with Crippen molar-refractivity contribution in [2.24, 2.45) is 0 Å². The molecule has 102 valence electrons. The predicted molar refractivity (Wildman–Crippen MR) is 80.8 cm³/mol. The number of phenolic OH excluding ortho intramolecular Hbond substituents is 2. The van der Waals surface area contributed by atoms with Crippen molar-refractivity contribution < 1.29 is 10.2 Å². The summed E-state index contributed by atoms with van der Waals surface area (Å²) in [6, 6.07) is 13.1. The summed E-state index contributed by atoms with van der Waals surface area (Å²) in [6.45, 7) is 0. The van der Waals surface area contributed by atoms with Crippen LogP contribution in [0, 0.1) is 0 Å². The first-order chi connectivity index (χ1) is 9.72. The number of aromatic hydroxyl groups is 2. The second-order valence-electron chi connectivity index (χ2n) is 5.28. The molecule has 1 aliphatic rings. The molecule has 0 unspecified atom stereocenters. The van der Waals surface area contributed by atoms with Crippen molar-refractivity contribution in [2.45, 2.75) is 25.7 Å². The fourth-order valence-corrected chi connectivity index (χ4v) is 2.84. The lowest BCUT2D eigenvalue weighted by molar-refractivity contribution is 0.473. The maximum absolute atomic E-state index is 9.57. The molecule has 2 aromatic rings. The maximum atomic E-state index is 9.57. The molecule has 0 atom stereocenters. The Bertz CT molecular complexity index is 656. The summed E-state index contributed by atoms with van der Waals surface area (Å²) in [4.78, 5) is 0. The molecule has 0 aliphatic heterocycles. The molecule has 0 saturated carbocycles. The number of phenols is 2. The van der Waals surface area contributed by atoms with E-state index < -0.39 is 0 Å². The molecule has 0 fully saturated rings. The Morgan fingerprint density at radius 1 is 0.900 bits per heavy atom. The van der Waals surface area contributed by atoms with Gasteiger partial charge in [-0.15, -0.1) is 0 Å². The summed E-state index contributed by atoms with van der Waals surface area (Å²) < 4.78 is 0. The van der Waals surface area contributed by atoms with Crippen molar-refractivity contribution in [3.8, 4) is 11.5 Å². The first kappa shape index (κ1) is 12.8. The van der Waals surface area contributed by atoms with Crippen molar-refractivity contribution >= 4 is 5.57 Å². The van der Waals surface area contributed by atoms with Gasteiger partial charge in [-0.25, -0.2) is 0 Å². The van der Waals surface area contributed by atoms with Crippen molar-refractivity contribution in [1.29, 1.82) is 0 Å². The lowest BCUT2D eigenvalue weighted by atomic mass is 9.87. The van der Waals surface area contributed by atoms with E-state index in [-0.39, 0.29) is 0 Å². The maximum Gasteiger partial charge on any atom is 0.115 e. The normalized spacial score (nSPS) is 13.7. The molecular weight excluding hydrogens is 248 g/mol. The van der Waals surface area contributed by atoms with E-state index in [0.717, 1.165) is 31.2 Å². The second kappa shape index (κ2) is 5.41. The van der Waals surface area contributed by atoms with Crippen LogP contribution in [0.5, 0.6) is 11.5 Å². The van der Waals surface area contributed by atoms with Gasteiger partial charge in [-0.2, -0.15) is 0 Å². The summed E-state index contributed by atoms with van der Waals surface area (Å²) in [5.41, 5.74) is 4.99. The summed E-state index contributed by atoms with van der Waals surface area (Å²) in [5.74, 6) is 0.670. The minimum atomic E-state index is 0.324. The molecule has 2 nitrogen and oxygen atoms in total. The Balaban J connectivity index is 1.77. The van der Waals surface area contributed by atoms with Gasteiger partial charge in [0.25, 0.3) is 0 Å². The van der Waals surface area contributed by atoms with E-state index in [1.807, 2.05) is 30.3 Å². The van der Waals surface area contributed by atoms with Gasteiger partial charge >= 0.3 is 0 Å². The van der Waals surface area contributed by atoms with Crippen molar-refractivity contribution in [2.75, 3.05) is 0 Å². The number of hydrogen-bond donors (Lipinski definition) is 2. The highest BCUT2D eigenvalue weighted by molar-refractivity contribution is 5.71. The zero-order chi connectivity index (χ0) is 13.9. The van der Waals surface area contributed by atoms with E-state index in [9.17, 15) is 10.2 Å². The Labute approximate surface area is 119 Å². The highest BCUT2D eigenvalue weighted by Crippen LogP contribution is 2.32. The third-order valence-corrected chi connectivity index (χ3v) is 3.83. The minimum absolute atomic E-state index is 0.324. The Morgan fingerprint density at radius 2 is 1.75 bits per heavy atom. The standard InChI is InChI=1S/C18H18O2/c19-16-6-1-3-13(11-16)7-8-14-4-2-5-15-12-17(20)9-10-18(14)15/h1,3-4,6,9-12,19-20H,2,5,7-8H2. The molecule has 20 heavy (non-hydrogen) atoms. The zero-order valence-corrected chi connectivity index (χ0v) is 11.3. The van der Waals surface area contributed by atoms with Gasteiger partial charge in [0.05, 0.1) is 0 Å². The molecule has 0 bridgehead atoms. The predicted octanol–water partition coefficient (Wildman–Crippen LogP) is 4.06. The minimum Gasteiger partial charge on any atom is -0.508 e. The summed E-state index contributed by atoms with van der Waals surface area (Å²) in [7, 11) is 0. The van der Waals surface area contributed by atoms with Crippen LogP contribution in [-0.2, 0) is 12.8 Å². The van der Waals surface area contributed by atoms with Crippen LogP contribution in [0.3, 0.4) is 0 Å². The number of aryl methyl sites for hydroxylation is 2. The Hall–Kier alpha value is -2.22. The van der Waals surface area contributed by atoms with Gasteiger partial charge in [-0.05, 0) is 72.2 Å². The topological polar surface area (TPSA) is 40.5 Å². The molecule has 3 rings (SSSR count). The number of hydrogen-bond acceptors (Lipinski definition) is 2. The molecular formula is C18H18O2. The number of allylic oxidation sites excluding steroid dienone is 2. The molecule has 2 N–H and O–H groups in total. The first-order valence-corrected chi connectivity index (χ1v) is 7.01. The monoisotopic (exact) mass is 266 g/mol. The zero-order valence-electron chi connectivity index (χ0n) is 11.3. The lowest BCUT2D eigenvalue weighted by Gasteiger charge is -2.18. The molecule has 0 aromatic heterocycles. The highest BCUT2D eigenvalue weighted by atomic mass is 16.3. The summed E-state index contributed by atoms with van der Waals surface area (Å²) in [6.07, 6.45) is 6.20. The smallest absolute Gasteiger partial charge is 0.115 e. The summed E-state index contributed by atoms with van der Waals surface area (Å²) in [5, 5.41) is 19.1. The van der Waals surface area contributed by atoms with Crippen LogP contribution in [0.2, 0.25) is 0 Å². The van der Waals surface area contributed by atoms with Gasteiger partial charge < -0.3 is 10.2 Å². The van der Waals surface area contributed by atoms with Crippen LogP contribution in [0.4, 0.5) is 0 Å². The molecule has 0 heterocycles. The molecule has 0 radical (unpaired) electrons. The van der Waals surface area contributed by atoms with E-state index in [1.54, 1.807) is 12.1 Å². The quantitative estimate of drug-likeness (QED) is 0.879. The van der Waals surface area contributed by atoms with E-state index in [4.69, 9.17) is 0 Å². The molecule has 0 saturated heterocycles. The number of rotatable bonds is 3. The van der Waals surface area contributed by atoms with E-state index in [1.165, 1.54) is 16.7 Å². The van der Waals surface area contributed by atoms with E-state index in [0.29, 0.717) is 11.5 Å². The van der Waals surface area contributed by atoms with Crippen molar-refractivity contribution in [3.63, 3.8) is 0 Å². The van der Waals surface area contributed by atoms with Gasteiger partial charge in [0, 0.05) is 0 Å². The van der Waals surface area contributed by atoms with Gasteiger partial charge in [-0.3, -0.25) is 0 Å². The largest absolute Gasteiger partial charge is 0.508 e. The van der Waals surface area contributed by atoms with Crippen molar-refractivity contribution in [3.05, 3.63) is 65.2 Å². The third-order valence-electron chi connectivity index (χ3n) is 3.83. The fourth-order valence-electron chi connectivity index (χ4n) is 2.84. The average Bonchev–Trinajstić information content (AvgIpc) is 2.44. The van der Waals surface area contributed by atoms with Crippen molar-refractivity contribution in [1.82, 2.24) is 0 Å². The average molecular weight is 266 g/mol. The Kier molecular flexibility index (Phi) is 3.46. The first-order valence-electron chi connectivity index (χ1n) is 7.01. The number of fused-ring (bicyclic) bond motifs is 1. The van der Waals surface area contributed by atoms with Crippen LogP contribution < -0.4 is 0 Å². The van der Waals surface area contributed by atoms with Gasteiger partial charge in [0.15, 0.2) is 0 Å². The SMILES string of the molecule is Oc1cccc(CCC2=CCCc3cc(O)ccc32)c1. The lowest BCUT2D eigenvalue weighted by Crippen LogP contribution is -2.00. The summed E-state index contributed by atoms with van der Waals surface area (Å²) >= 11 is 0. The number of benzene rings is 2. The fraction of sp³-hybridized carbons (Fsp3) is 0.222. The second-order valence-corrected chi connectivity index (χ2v) is 5.28. The van der Waals surface area contributed by atoms with Crippen LogP contribution in [-0.4, -0.2) is 10.2 Å². The van der Waals surface area contributed by atoms with E-state index >= 15 is 0 Å². The van der Waals surface area contributed by atoms with Crippen LogP contribution in [0.1, 0.15) is 29.5 Å². The molecule has 1 aliphatic carbocycles. The molecule has 2 aromatic carbocycles. The van der Waals surface area contributed by atoms with E-state index in [2.05, 4.69) is 6.08 Å². The Morgan fingerprint density at radius 3 is 2.60 bits per heavy atom. The molecule has 2 heteroatoms. The van der Waals surface area contributed by atoms with Gasteiger partial charge in [0.1, 0.15) is 11.5 Å². The van der Waals surface area contributed by atoms with Crippen LogP contribution in [0.25, 0.3) is 5.57 Å².